The van der Waals surface area contributed by atoms with Crippen molar-refractivity contribution < 1.29 is 23.9 Å². The predicted molar refractivity (Wildman–Crippen MR) is 186 cm³/mol. The molecule has 0 spiro atoms. The first-order valence-corrected chi connectivity index (χ1v) is 17.9. The number of benzene rings is 1. The van der Waals surface area contributed by atoms with Crippen molar-refractivity contribution in [2.75, 3.05) is 26.0 Å². The number of hydrogen-bond acceptors (Lipinski definition) is 8. The van der Waals surface area contributed by atoms with E-state index in [-0.39, 0.29) is 65.1 Å². The zero-order valence-electron chi connectivity index (χ0n) is 29.5. The number of esters is 1. The molecule has 1 aliphatic heterocycles. The van der Waals surface area contributed by atoms with Gasteiger partial charge in [0.05, 0.1) is 12.5 Å². The van der Waals surface area contributed by atoms with Crippen LogP contribution in [-0.2, 0) is 19.1 Å². The molecule has 3 aliphatic rings. The standard InChI is InChI=1S/C36H53N5O5S/c1-10-22(4)31(39-33(44)27-13-11-12-16-40(27)8)35(45)41(9)28(21(2)3)18-29(46-30(42)19-36(5,6)7)34-38-26(20-47-34)32(43)37-25-15-14-23-17-24(23)25/h14-15,17,20-22,27-29,31H,10-13,16,18-19H2,1-9H3,(H,37,43)(H,39,44)/t22-,27?,28+,29+,31-/m0/s1. The highest BCUT2D eigenvalue weighted by Crippen LogP contribution is 2.42. The second-order valence-electron chi connectivity index (χ2n) is 14.9. The first-order valence-electron chi connectivity index (χ1n) is 17.0. The van der Waals surface area contributed by atoms with Crippen LogP contribution in [0.15, 0.2) is 23.6 Å². The molecule has 3 amide bonds. The maximum Gasteiger partial charge on any atom is 0.307 e. The van der Waals surface area contributed by atoms with E-state index in [1.165, 1.54) is 11.3 Å². The number of anilines is 1. The molecule has 1 fully saturated rings. The molecule has 1 unspecified atom stereocenters. The third-order valence-corrected chi connectivity index (χ3v) is 10.3. The molecule has 11 heteroatoms. The van der Waals surface area contributed by atoms with Crippen molar-refractivity contribution in [3.8, 4) is 11.1 Å². The van der Waals surface area contributed by atoms with Gasteiger partial charge in [0.2, 0.25) is 11.8 Å². The Kier molecular flexibility index (Phi) is 11.9. The van der Waals surface area contributed by atoms with Gasteiger partial charge in [-0.1, -0.05) is 67.4 Å². The van der Waals surface area contributed by atoms with Crippen LogP contribution >= 0.6 is 11.3 Å². The summed E-state index contributed by atoms with van der Waals surface area (Å²) in [6.07, 6.45) is 3.28. The molecule has 0 radical (unpaired) electrons. The van der Waals surface area contributed by atoms with E-state index in [9.17, 15) is 19.2 Å². The van der Waals surface area contributed by atoms with E-state index in [1.54, 1.807) is 17.3 Å². The van der Waals surface area contributed by atoms with Gasteiger partial charge in [-0.2, -0.15) is 0 Å². The number of thiazole rings is 1. The lowest BCUT2D eigenvalue weighted by Crippen LogP contribution is -2.58. The van der Waals surface area contributed by atoms with E-state index in [1.807, 2.05) is 73.7 Å². The number of likely N-dealkylation sites (tertiary alicyclic amines) is 1. The molecule has 2 heterocycles. The molecule has 0 bridgehead atoms. The lowest BCUT2D eigenvalue weighted by Gasteiger charge is -2.38. The van der Waals surface area contributed by atoms with Gasteiger partial charge in [-0.05, 0) is 61.4 Å². The Morgan fingerprint density at radius 3 is 2.45 bits per heavy atom. The van der Waals surface area contributed by atoms with Crippen molar-refractivity contribution in [1.29, 1.82) is 0 Å². The number of carbonyl (C=O) groups is 4. The van der Waals surface area contributed by atoms with Gasteiger partial charge in [0, 0.05) is 36.1 Å². The molecular weight excluding hydrogens is 614 g/mol. The molecule has 1 saturated heterocycles. The van der Waals surface area contributed by atoms with Gasteiger partial charge in [0.1, 0.15) is 16.7 Å². The molecule has 0 aromatic carbocycles. The minimum atomic E-state index is -0.767. The second kappa shape index (κ2) is 15.3. The first-order chi connectivity index (χ1) is 22.1. The van der Waals surface area contributed by atoms with E-state index in [0.717, 1.165) is 49.0 Å². The summed E-state index contributed by atoms with van der Waals surface area (Å²) in [4.78, 5) is 62.3. The highest BCUT2D eigenvalue weighted by Gasteiger charge is 2.37. The van der Waals surface area contributed by atoms with Crippen LogP contribution in [0.4, 0.5) is 5.69 Å². The zero-order valence-corrected chi connectivity index (χ0v) is 30.3. The van der Waals surface area contributed by atoms with Crippen LogP contribution in [0.3, 0.4) is 0 Å². The highest BCUT2D eigenvalue weighted by atomic mass is 32.1. The number of nitrogens with one attached hydrogen (secondary N) is 2. The molecule has 0 saturated carbocycles. The number of fused-ring (bicyclic) bond motifs is 1. The fourth-order valence-electron chi connectivity index (χ4n) is 6.24. The van der Waals surface area contributed by atoms with Crippen LogP contribution < -0.4 is 10.6 Å². The number of hydrogen-bond donors (Lipinski definition) is 2. The van der Waals surface area contributed by atoms with Crippen molar-refractivity contribution in [2.24, 2.45) is 17.3 Å². The number of aromatic nitrogens is 1. The van der Waals surface area contributed by atoms with E-state index in [4.69, 9.17) is 4.74 Å². The minimum absolute atomic E-state index is 0.00363. The summed E-state index contributed by atoms with van der Waals surface area (Å²) in [7, 11) is 3.73. The lowest BCUT2D eigenvalue weighted by atomic mass is 9.92. The molecular formula is C36H53N5O5S. The van der Waals surface area contributed by atoms with E-state index >= 15 is 0 Å². The molecule has 2 aliphatic carbocycles. The van der Waals surface area contributed by atoms with Crippen molar-refractivity contribution in [3.63, 3.8) is 0 Å². The lowest BCUT2D eigenvalue weighted by molar-refractivity contribution is -0.153. The third-order valence-electron chi connectivity index (χ3n) is 9.39. The Bertz CT molecular complexity index is 1450. The molecule has 10 nitrogen and oxygen atoms in total. The van der Waals surface area contributed by atoms with E-state index < -0.39 is 12.1 Å². The number of amides is 3. The Hall–Kier alpha value is -3.31. The summed E-state index contributed by atoms with van der Waals surface area (Å²) in [6.45, 7) is 14.8. The van der Waals surface area contributed by atoms with Gasteiger partial charge in [-0.3, -0.25) is 24.1 Å². The number of ether oxygens (including phenoxy) is 1. The Morgan fingerprint density at radius 1 is 1.15 bits per heavy atom. The molecule has 4 rings (SSSR count). The fraction of sp³-hybridized carbons (Fsp3) is 0.639. The van der Waals surface area contributed by atoms with Crippen LogP contribution in [0.1, 0.15) is 109 Å². The van der Waals surface area contributed by atoms with Gasteiger partial charge >= 0.3 is 5.97 Å². The third kappa shape index (κ3) is 9.41. The Morgan fingerprint density at radius 2 is 1.87 bits per heavy atom. The van der Waals surface area contributed by atoms with Crippen LogP contribution in [0.5, 0.6) is 0 Å². The highest BCUT2D eigenvalue weighted by molar-refractivity contribution is 7.09. The topological polar surface area (TPSA) is 121 Å². The Balaban J connectivity index is 1.55. The molecule has 5 atom stereocenters. The van der Waals surface area contributed by atoms with Gasteiger partial charge in [0.25, 0.3) is 5.91 Å². The van der Waals surface area contributed by atoms with Crippen molar-refractivity contribution >= 4 is 40.7 Å². The summed E-state index contributed by atoms with van der Waals surface area (Å²) in [5.74, 6) is -1.06. The number of rotatable bonds is 14. The average Bonchev–Trinajstić information content (AvgIpc) is 3.41. The maximum atomic E-state index is 14.2. The largest absolute Gasteiger partial charge is 0.455 e. The van der Waals surface area contributed by atoms with Crippen molar-refractivity contribution in [3.05, 3.63) is 34.3 Å². The number of likely N-dealkylation sites (N-methyl/N-ethyl adjacent to an activating group) is 2. The van der Waals surface area contributed by atoms with Crippen molar-refractivity contribution in [1.82, 2.24) is 20.1 Å². The number of nitrogens with zero attached hydrogens (tertiary/aromatic N) is 3. The SMILES string of the molecule is CC[C@H](C)[C@H](NC(=O)C1CCCCN1C)C(=O)N(C)[C@H](C[C@@H](OC(=O)CC(C)(C)C)c1nc(C(=O)Nc2ccc3cc2-3)cs1)C(C)C. The van der Waals surface area contributed by atoms with E-state index in [0.29, 0.717) is 11.4 Å². The van der Waals surface area contributed by atoms with Gasteiger partial charge in [0.15, 0.2) is 6.10 Å². The van der Waals surface area contributed by atoms with Gasteiger partial charge < -0.3 is 20.3 Å². The smallest absolute Gasteiger partial charge is 0.307 e. The fourth-order valence-corrected chi connectivity index (χ4v) is 7.08. The van der Waals surface area contributed by atoms with Crippen molar-refractivity contribution in [2.45, 2.75) is 111 Å². The Labute approximate surface area is 284 Å². The molecule has 1 aromatic rings. The molecule has 1 aromatic heterocycles. The monoisotopic (exact) mass is 667 g/mol. The minimum Gasteiger partial charge on any atom is -0.455 e. The molecule has 2 N–H and O–H groups in total. The zero-order chi connectivity index (χ0) is 34.6. The summed E-state index contributed by atoms with van der Waals surface area (Å²) in [5.41, 5.74) is 2.88. The molecule has 47 heavy (non-hydrogen) atoms. The van der Waals surface area contributed by atoms with Crippen LogP contribution in [-0.4, -0.2) is 77.2 Å². The number of carbonyl (C=O) groups excluding carboxylic acids is 4. The second-order valence-corrected chi connectivity index (χ2v) is 15.8. The maximum absolute atomic E-state index is 14.2. The summed E-state index contributed by atoms with van der Waals surface area (Å²) >= 11 is 1.27. The van der Waals surface area contributed by atoms with E-state index in [2.05, 4.69) is 20.5 Å². The van der Waals surface area contributed by atoms with Crippen LogP contribution in [0, 0.1) is 17.3 Å². The summed E-state index contributed by atoms with van der Waals surface area (Å²) < 4.78 is 6.09. The van der Waals surface area contributed by atoms with Gasteiger partial charge in [-0.25, -0.2) is 4.98 Å². The van der Waals surface area contributed by atoms with Gasteiger partial charge in [-0.15, -0.1) is 11.3 Å². The first kappa shape index (κ1) is 36.5. The summed E-state index contributed by atoms with van der Waals surface area (Å²) in [5, 5.41) is 8.21. The van der Waals surface area contributed by atoms with Crippen LogP contribution in [0.25, 0.3) is 11.1 Å². The predicted octanol–water partition coefficient (Wildman–Crippen LogP) is 6.28. The average molecular weight is 668 g/mol. The quantitative estimate of drug-likeness (QED) is 0.194. The summed E-state index contributed by atoms with van der Waals surface area (Å²) in [6, 6.07) is 4.55. The molecule has 258 valence electrons. The van der Waals surface area contributed by atoms with Crippen LogP contribution in [0.2, 0.25) is 0 Å². The number of piperidine rings is 1. The normalized spacial score (nSPS) is 18.6.